The summed E-state index contributed by atoms with van der Waals surface area (Å²) in [6, 6.07) is 11.1. The lowest BCUT2D eigenvalue weighted by molar-refractivity contribution is -0.118. The average Bonchev–Trinajstić information content (AvgIpc) is 3.28. The predicted octanol–water partition coefficient (Wildman–Crippen LogP) is 3.35. The lowest BCUT2D eigenvalue weighted by Crippen LogP contribution is -2.23. The molecule has 1 aliphatic carbocycles. The number of carbonyl (C=O) groups is 1. The molecule has 20 heavy (non-hydrogen) atoms. The lowest BCUT2D eigenvalue weighted by Gasteiger charge is -2.16. The number of amides is 1. The van der Waals surface area contributed by atoms with E-state index in [1.54, 1.807) is 0 Å². The van der Waals surface area contributed by atoms with Crippen LogP contribution in [-0.4, -0.2) is 10.9 Å². The van der Waals surface area contributed by atoms with Crippen LogP contribution < -0.4 is 5.32 Å². The van der Waals surface area contributed by atoms with Crippen molar-refractivity contribution in [3.05, 3.63) is 60.2 Å². The number of pyridine rings is 1. The van der Waals surface area contributed by atoms with Crippen molar-refractivity contribution in [2.75, 3.05) is 5.32 Å². The summed E-state index contributed by atoms with van der Waals surface area (Å²) in [5, 5.41) is 2.68. The Morgan fingerprint density at radius 3 is 2.65 bits per heavy atom. The molecule has 102 valence electrons. The number of hydrogen-bond acceptors (Lipinski definition) is 2. The van der Waals surface area contributed by atoms with E-state index in [0.29, 0.717) is 5.92 Å². The highest BCUT2D eigenvalue weighted by molar-refractivity contribution is 5.96. The van der Waals surface area contributed by atoms with Gasteiger partial charge < -0.3 is 5.32 Å². The van der Waals surface area contributed by atoms with Crippen LogP contribution >= 0.6 is 0 Å². The maximum absolute atomic E-state index is 13.6. The van der Waals surface area contributed by atoms with Crippen LogP contribution in [0.3, 0.4) is 0 Å². The van der Waals surface area contributed by atoms with Gasteiger partial charge in [-0.2, -0.15) is 0 Å². The van der Waals surface area contributed by atoms with Crippen molar-refractivity contribution >= 4 is 11.6 Å². The Morgan fingerprint density at radius 1 is 1.25 bits per heavy atom. The summed E-state index contributed by atoms with van der Waals surface area (Å²) in [7, 11) is 0. The summed E-state index contributed by atoms with van der Waals surface area (Å²) in [5.41, 5.74) is 1.17. The molecule has 0 saturated heterocycles. The second kappa shape index (κ2) is 5.41. The van der Waals surface area contributed by atoms with Crippen molar-refractivity contribution in [2.45, 2.75) is 18.8 Å². The molecule has 0 bridgehead atoms. The molecule has 1 aliphatic rings. The topological polar surface area (TPSA) is 42.0 Å². The monoisotopic (exact) mass is 270 g/mol. The largest absolute Gasteiger partial charge is 0.323 e. The Kier molecular flexibility index (Phi) is 3.46. The molecule has 2 aromatic rings. The van der Waals surface area contributed by atoms with Gasteiger partial charge in [0.05, 0.1) is 17.8 Å². The highest BCUT2D eigenvalue weighted by atomic mass is 19.1. The summed E-state index contributed by atoms with van der Waals surface area (Å²) in [5.74, 6) is -0.502. The summed E-state index contributed by atoms with van der Waals surface area (Å²) in [6.07, 6.45) is 4.66. The first kappa shape index (κ1) is 12.8. The minimum Gasteiger partial charge on any atom is -0.323 e. The fourth-order valence-corrected chi connectivity index (χ4v) is 2.41. The summed E-state index contributed by atoms with van der Waals surface area (Å²) in [6.45, 7) is 0. The second-order valence-corrected chi connectivity index (χ2v) is 5.07. The van der Waals surface area contributed by atoms with E-state index in [-0.39, 0.29) is 17.5 Å². The van der Waals surface area contributed by atoms with E-state index in [4.69, 9.17) is 0 Å². The summed E-state index contributed by atoms with van der Waals surface area (Å²) >= 11 is 0. The highest BCUT2D eigenvalue weighted by Crippen LogP contribution is 2.43. The number of hydrogen-bond donors (Lipinski definition) is 1. The van der Waals surface area contributed by atoms with Crippen LogP contribution in [0.2, 0.25) is 0 Å². The van der Waals surface area contributed by atoms with Gasteiger partial charge in [-0.3, -0.25) is 9.78 Å². The first-order chi connectivity index (χ1) is 9.75. The maximum Gasteiger partial charge on any atom is 0.232 e. The number of carbonyl (C=O) groups excluding carboxylic acids is 1. The zero-order valence-corrected chi connectivity index (χ0v) is 10.9. The molecule has 1 saturated carbocycles. The van der Waals surface area contributed by atoms with E-state index in [1.165, 1.54) is 12.3 Å². The van der Waals surface area contributed by atoms with Gasteiger partial charge in [-0.15, -0.1) is 0 Å². The van der Waals surface area contributed by atoms with E-state index in [2.05, 4.69) is 10.3 Å². The number of nitrogens with one attached hydrogen (secondary N) is 1. The van der Waals surface area contributed by atoms with Crippen LogP contribution in [0.4, 0.5) is 10.1 Å². The first-order valence-corrected chi connectivity index (χ1v) is 6.71. The summed E-state index contributed by atoms with van der Waals surface area (Å²) < 4.78 is 13.6. The van der Waals surface area contributed by atoms with E-state index in [9.17, 15) is 9.18 Å². The number of aromatic nitrogens is 1. The van der Waals surface area contributed by atoms with Gasteiger partial charge in [0, 0.05) is 6.20 Å². The lowest BCUT2D eigenvalue weighted by atomic mass is 9.93. The van der Waals surface area contributed by atoms with E-state index in [0.717, 1.165) is 24.6 Å². The van der Waals surface area contributed by atoms with Crippen LogP contribution in [0.15, 0.2) is 48.8 Å². The van der Waals surface area contributed by atoms with Gasteiger partial charge in [0.15, 0.2) is 5.82 Å². The van der Waals surface area contributed by atoms with Crippen LogP contribution in [0.5, 0.6) is 0 Å². The van der Waals surface area contributed by atoms with Crippen LogP contribution in [-0.2, 0) is 4.79 Å². The van der Waals surface area contributed by atoms with E-state index in [1.807, 2.05) is 30.3 Å². The number of nitrogens with zero attached hydrogens (tertiary/aromatic N) is 1. The van der Waals surface area contributed by atoms with Crippen LogP contribution in [0.1, 0.15) is 24.3 Å². The third-order valence-electron chi connectivity index (χ3n) is 3.56. The SMILES string of the molecule is O=C(Nc1ccncc1F)[C@@H](c1ccccc1)C1CC1. The molecule has 1 aromatic heterocycles. The molecule has 0 radical (unpaired) electrons. The molecule has 1 aromatic carbocycles. The molecular formula is C16H15FN2O. The predicted molar refractivity (Wildman–Crippen MR) is 74.7 cm³/mol. The first-order valence-electron chi connectivity index (χ1n) is 6.71. The fraction of sp³-hybridized carbons (Fsp3) is 0.250. The molecule has 0 aliphatic heterocycles. The van der Waals surface area contributed by atoms with Crippen molar-refractivity contribution < 1.29 is 9.18 Å². The highest BCUT2D eigenvalue weighted by Gasteiger charge is 2.37. The molecule has 3 nitrogen and oxygen atoms in total. The number of halogens is 1. The average molecular weight is 270 g/mol. The third-order valence-corrected chi connectivity index (χ3v) is 3.56. The molecule has 1 amide bonds. The van der Waals surface area contributed by atoms with Gasteiger partial charge in [-0.05, 0) is 30.4 Å². The summed E-state index contributed by atoms with van der Waals surface area (Å²) in [4.78, 5) is 16.1. The Labute approximate surface area is 116 Å². The molecule has 1 heterocycles. The van der Waals surface area contributed by atoms with Gasteiger partial charge in [-0.1, -0.05) is 30.3 Å². The van der Waals surface area contributed by atoms with Crippen molar-refractivity contribution in [3.8, 4) is 0 Å². The van der Waals surface area contributed by atoms with Gasteiger partial charge in [-0.25, -0.2) is 4.39 Å². The fourth-order valence-electron chi connectivity index (χ4n) is 2.41. The van der Waals surface area contributed by atoms with Gasteiger partial charge in [0.2, 0.25) is 5.91 Å². The van der Waals surface area contributed by atoms with Crippen LogP contribution in [0.25, 0.3) is 0 Å². The molecule has 1 N–H and O–H groups in total. The maximum atomic E-state index is 13.6. The van der Waals surface area contributed by atoms with E-state index >= 15 is 0 Å². The second-order valence-electron chi connectivity index (χ2n) is 5.07. The van der Waals surface area contributed by atoms with Crippen molar-refractivity contribution in [1.29, 1.82) is 0 Å². The zero-order valence-electron chi connectivity index (χ0n) is 10.9. The van der Waals surface area contributed by atoms with Crippen molar-refractivity contribution in [3.63, 3.8) is 0 Å². The number of benzene rings is 1. The molecule has 4 heteroatoms. The van der Waals surface area contributed by atoms with Crippen LogP contribution in [0, 0.1) is 11.7 Å². The Bertz CT molecular complexity index is 611. The molecule has 1 fully saturated rings. The Hall–Kier alpha value is -2.23. The zero-order chi connectivity index (χ0) is 13.9. The van der Waals surface area contributed by atoms with Crippen molar-refractivity contribution in [1.82, 2.24) is 4.98 Å². The smallest absolute Gasteiger partial charge is 0.232 e. The number of anilines is 1. The van der Waals surface area contributed by atoms with E-state index < -0.39 is 5.82 Å². The molecule has 1 atom stereocenters. The Balaban J connectivity index is 1.82. The molecule has 0 spiro atoms. The van der Waals surface area contributed by atoms with Gasteiger partial charge in [0.25, 0.3) is 0 Å². The van der Waals surface area contributed by atoms with Gasteiger partial charge >= 0.3 is 0 Å². The Morgan fingerprint density at radius 2 is 2.00 bits per heavy atom. The van der Waals surface area contributed by atoms with Crippen molar-refractivity contribution in [2.24, 2.45) is 5.92 Å². The normalized spacial score (nSPS) is 15.7. The number of rotatable bonds is 4. The third kappa shape index (κ3) is 2.69. The minimum absolute atomic E-state index is 0.149. The standard InChI is InChI=1S/C16H15FN2O/c17-13-10-18-9-8-14(13)19-16(20)15(12-6-7-12)11-4-2-1-3-5-11/h1-5,8-10,12,15H,6-7H2,(H,18,19,20)/t15-/m0/s1. The molecule has 0 unspecified atom stereocenters. The molecular weight excluding hydrogens is 255 g/mol. The quantitative estimate of drug-likeness (QED) is 0.925. The minimum atomic E-state index is -0.511. The molecule has 3 rings (SSSR count). The van der Waals surface area contributed by atoms with Gasteiger partial charge in [0.1, 0.15) is 0 Å².